The van der Waals surface area contributed by atoms with E-state index in [-0.39, 0.29) is 42.4 Å². The molecule has 10 heteroatoms. The molecule has 0 N–H and O–H groups in total. The summed E-state index contributed by atoms with van der Waals surface area (Å²) in [4.78, 5) is 25.7. The molecule has 1 saturated carbocycles. The topological polar surface area (TPSA) is 89.5 Å². The molecule has 8 nitrogen and oxygen atoms in total. The van der Waals surface area contributed by atoms with Gasteiger partial charge in [-0.05, 0) is 106 Å². The van der Waals surface area contributed by atoms with Crippen molar-refractivity contribution in [3.05, 3.63) is 102 Å². The normalized spacial score (nSPS) is 24.8. The van der Waals surface area contributed by atoms with E-state index < -0.39 is 36.1 Å². The van der Waals surface area contributed by atoms with Crippen LogP contribution in [0.2, 0.25) is 0 Å². The zero-order valence-corrected chi connectivity index (χ0v) is 31.2. The second-order valence-electron chi connectivity index (χ2n) is 14.9. The van der Waals surface area contributed by atoms with Crippen LogP contribution in [0.15, 0.2) is 84.9 Å². The Balaban J connectivity index is 1.18. The lowest BCUT2D eigenvalue weighted by Gasteiger charge is -2.27. The van der Waals surface area contributed by atoms with Gasteiger partial charge in [-0.1, -0.05) is 54.6 Å². The maximum atomic E-state index is 14.5. The summed E-state index contributed by atoms with van der Waals surface area (Å²) in [6.45, 7) is 4.77. The molecule has 1 unspecified atom stereocenters. The maximum absolute atomic E-state index is 14.5. The Bertz CT molecular complexity index is 1670. The van der Waals surface area contributed by atoms with E-state index in [1.807, 2.05) is 68.5 Å². The fourth-order valence-corrected chi connectivity index (χ4v) is 7.70. The van der Waals surface area contributed by atoms with Crippen molar-refractivity contribution in [3.8, 4) is 16.9 Å². The Morgan fingerprint density at radius 1 is 0.926 bits per heavy atom. The molecule has 3 aromatic rings. The number of halogens is 2. The van der Waals surface area contributed by atoms with Crippen LogP contribution in [0.25, 0.3) is 11.1 Å². The average molecular weight is 747 g/mol. The van der Waals surface area contributed by atoms with Crippen molar-refractivity contribution in [2.24, 2.45) is 17.8 Å². The first-order valence-electron chi connectivity index (χ1n) is 19.4. The highest BCUT2D eigenvalue weighted by atomic mass is 19.1. The van der Waals surface area contributed by atoms with E-state index >= 15 is 0 Å². The zero-order valence-electron chi connectivity index (χ0n) is 31.2. The number of benzene rings is 3. The van der Waals surface area contributed by atoms with Crippen LogP contribution in [0, 0.1) is 29.4 Å². The van der Waals surface area contributed by atoms with E-state index in [2.05, 4.69) is 0 Å². The lowest BCUT2D eigenvalue weighted by molar-refractivity contribution is -0.183. The van der Waals surface area contributed by atoms with Crippen LogP contribution >= 0.6 is 0 Å². The molecule has 1 aliphatic carbocycles. The van der Waals surface area contributed by atoms with Crippen molar-refractivity contribution < 1.29 is 46.8 Å². The molecule has 0 bridgehead atoms. The van der Waals surface area contributed by atoms with Gasteiger partial charge in [-0.15, -0.1) is 0 Å². The summed E-state index contributed by atoms with van der Waals surface area (Å²) >= 11 is 0. The molecule has 3 aromatic carbocycles. The van der Waals surface area contributed by atoms with Gasteiger partial charge in [0.25, 0.3) is 0 Å². The van der Waals surface area contributed by atoms with Gasteiger partial charge < -0.3 is 28.4 Å². The zero-order chi connectivity index (χ0) is 37.9. The van der Waals surface area contributed by atoms with Gasteiger partial charge in [0.05, 0.1) is 17.8 Å². The molecule has 0 amide bonds. The molecule has 0 spiro atoms. The second-order valence-corrected chi connectivity index (χ2v) is 14.9. The van der Waals surface area contributed by atoms with Gasteiger partial charge in [0, 0.05) is 38.0 Å². The van der Waals surface area contributed by atoms with Gasteiger partial charge >= 0.3 is 11.9 Å². The van der Waals surface area contributed by atoms with Crippen molar-refractivity contribution >= 4 is 11.9 Å². The highest BCUT2D eigenvalue weighted by Crippen LogP contribution is 2.44. The molecule has 3 aliphatic rings. The SMILES string of the molecule is CC(C)OC(=O)CCC[C@H]1CC[C@@H]2[C@@H](C=C[C@H](COc3cc(F)ccc3F)OC3CCCCO3)[C@H](OC(=O)c3ccc(-c4ccccc4)cc3)C[C@@H]2OC1. The van der Waals surface area contributed by atoms with Crippen LogP contribution in [0.3, 0.4) is 0 Å². The Labute approximate surface area is 317 Å². The van der Waals surface area contributed by atoms with Gasteiger partial charge in [-0.2, -0.15) is 0 Å². The van der Waals surface area contributed by atoms with Crippen LogP contribution in [0.1, 0.15) is 82.0 Å². The van der Waals surface area contributed by atoms with Gasteiger partial charge in [0.2, 0.25) is 0 Å². The third-order valence-electron chi connectivity index (χ3n) is 10.5. The van der Waals surface area contributed by atoms with Gasteiger partial charge in [-0.25, -0.2) is 13.6 Å². The van der Waals surface area contributed by atoms with E-state index in [0.29, 0.717) is 44.0 Å². The standard InChI is InChI=1S/C44H52F2O8/c1-29(2)52-42(47)12-8-9-30-14-21-36-37(22-20-35(53-43-13-6-7-24-49-43)28-51-41-25-34(45)19-23-38(41)46)40(26-39(36)50-27-30)54-44(48)33-17-15-32(16-18-33)31-10-4-3-5-11-31/h3-5,10-11,15-20,22-23,25,29-30,35-37,39-40,43H,6-9,12-14,21,24,26-28H2,1-2H3/t30-,35+,36+,37+,39-,40+,43?/m0/s1. The molecule has 2 saturated heterocycles. The summed E-state index contributed by atoms with van der Waals surface area (Å²) in [6, 6.07) is 20.5. The number of esters is 2. The number of hydrogen-bond acceptors (Lipinski definition) is 8. The molecule has 7 atom stereocenters. The van der Waals surface area contributed by atoms with Crippen molar-refractivity contribution in [1.29, 1.82) is 0 Å². The number of carbonyl (C=O) groups is 2. The summed E-state index contributed by atoms with van der Waals surface area (Å²) in [5, 5.41) is 0. The van der Waals surface area contributed by atoms with Gasteiger partial charge in [0.15, 0.2) is 17.9 Å². The Morgan fingerprint density at radius 3 is 2.48 bits per heavy atom. The predicted molar refractivity (Wildman–Crippen MR) is 200 cm³/mol. The predicted octanol–water partition coefficient (Wildman–Crippen LogP) is 9.26. The van der Waals surface area contributed by atoms with Gasteiger partial charge in [-0.3, -0.25) is 4.79 Å². The second kappa shape index (κ2) is 19.5. The summed E-state index contributed by atoms with van der Waals surface area (Å²) in [6.07, 6.45) is 8.92. The fourth-order valence-electron chi connectivity index (χ4n) is 7.70. The Hall–Kier alpha value is -4.12. The highest BCUT2D eigenvalue weighted by Gasteiger charge is 2.46. The highest BCUT2D eigenvalue weighted by molar-refractivity contribution is 5.90. The molecule has 290 valence electrons. The quantitative estimate of drug-likeness (QED) is 0.112. The van der Waals surface area contributed by atoms with Crippen LogP contribution in [-0.2, 0) is 28.5 Å². The van der Waals surface area contributed by atoms with Crippen LogP contribution in [0.5, 0.6) is 5.75 Å². The summed E-state index contributed by atoms with van der Waals surface area (Å²) < 4.78 is 64.5. The third kappa shape index (κ3) is 11.2. The number of carbonyl (C=O) groups excluding carboxylic acids is 2. The van der Waals surface area contributed by atoms with Crippen LogP contribution < -0.4 is 4.74 Å². The van der Waals surface area contributed by atoms with E-state index in [1.54, 1.807) is 12.1 Å². The lowest BCUT2D eigenvalue weighted by atomic mass is 9.86. The van der Waals surface area contributed by atoms with E-state index in [1.165, 1.54) is 0 Å². The Kier molecular flexibility index (Phi) is 14.3. The Morgan fingerprint density at radius 2 is 1.72 bits per heavy atom. The van der Waals surface area contributed by atoms with Crippen molar-refractivity contribution in [2.75, 3.05) is 19.8 Å². The molecular weight excluding hydrogens is 694 g/mol. The minimum atomic E-state index is -0.669. The van der Waals surface area contributed by atoms with Crippen molar-refractivity contribution in [1.82, 2.24) is 0 Å². The fraction of sp³-hybridized carbons (Fsp3) is 0.500. The van der Waals surface area contributed by atoms with Crippen LogP contribution in [-0.4, -0.2) is 62.5 Å². The first kappa shape index (κ1) is 39.6. The molecule has 2 aliphatic heterocycles. The molecule has 0 radical (unpaired) electrons. The maximum Gasteiger partial charge on any atom is 0.338 e. The first-order chi connectivity index (χ1) is 26.2. The molecule has 0 aromatic heterocycles. The summed E-state index contributed by atoms with van der Waals surface area (Å²) in [5.74, 6) is -1.91. The minimum absolute atomic E-state index is 0.0589. The monoisotopic (exact) mass is 746 g/mol. The molecule has 54 heavy (non-hydrogen) atoms. The summed E-state index contributed by atoms with van der Waals surface area (Å²) in [5.41, 5.74) is 2.52. The lowest BCUT2D eigenvalue weighted by Crippen LogP contribution is -2.31. The average Bonchev–Trinajstić information content (AvgIpc) is 3.37. The van der Waals surface area contributed by atoms with Crippen molar-refractivity contribution in [3.63, 3.8) is 0 Å². The largest absolute Gasteiger partial charge is 0.487 e. The molecular formula is C44H52F2O8. The number of ether oxygens (including phenoxy) is 6. The molecule has 3 fully saturated rings. The van der Waals surface area contributed by atoms with Crippen molar-refractivity contribution in [2.45, 2.75) is 102 Å². The molecule has 2 heterocycles. The summed E-state index contributed by atoms with van der Waals surface area (Å²) in [7, 11) is 0. The van der Waals surface area contributed by atoms with E-state index in [9.17, 15) is 18.4 Å². The first-order valence-corrected chi connectivity index (χ1v) is 19.4. The van der Waals surface area contributed by atoms with Crippen LogP contribution in [0.4, 0.5) is 8.78 Å². The third-order valence-corrected chi connectivity index (χ3v) is 10.5. The molecule has 6 rings (SSSR count). The number of fused-ring (bicyclic) bond motifs is 1. The smallest absolute Gasteiger partial charge is 0.338 e. The number of hydrogen-bond donors (Lipinski definition) is 0. The van der Waals surface area contributed by atoms with Gasteiger partial charge in [0.1, 0.15) is 24.6 Å². The van der Waals surface area contributed by atoms with E-state index in [0.717, 1.165) is 67.9 Å². The van der Waals surface area contributed by atoms with E-state index in [4.69, 9.17) is 28.4 Å². The minimum Gasteiger partial charge on any atom is -0.487 e. The number of rotatable bonds is 15.